The van der Waals surface area contributed by atoms with E-state index in [-0.39, 0.29) is 0 Å². The van der Waals surface area contributed by atoms with Gasteiger partial charge in [0.05, 0.1) is 5.69 Å². The predicted molar refractivity (Wildman–Crippen MR) is 93.7 cm³/mol. The average Bonchev–Trinajstić information content (AvgIpc) is 2.62. The van der Waals surface area contributed by atoms with Crippen molar-refractivity contribution in [1.29, 1.82) is 0 Å². The van der Waals surface area contributed by atoms with Gasteiger partial charge in [0.15, 0.2) is 5.82 Å². The summed E-state index contributed by atoms with van der Waals surface area (Å²) in [6, 6.07) is 11.9. The normalized spacial score (nSPS) is 14.2. The highest BCUT2D eigenvalue weighted by molar-refractivity contribution is 5.59. The Bertz CT molecular complexity index is 770. The number of anilines is 2. The Labute approximate surface area is 140 Å². The van der Waals surface area contributed by atoms with Gasteiger partial charge in [0.25, 0.3) is 0 Å². The molecule has 1 saturated heterocycles. The Morgan fingerprint density at radius 1 is 0.875 bits per heavy atom. The van der Waals surface area contributed by atoms with Gasteiger partial charge in [0, 0.05) is 61.6 Å². The Morgan fingerprint density at radius 3 is 2.25 bits per heavy atom. The number of nitrogens with one attached hydrogen (secondary N) is 1. The molecule has 0 aliphatic carbocycles. The first-order valence-corrected chi connectivity index (χ1v) is 8.01. The van der Waals surface area contributed by atoms with E-state index in [1.54, 1.807) is 24.8 Å². The molecule has 0 aromatic carbocycles. The Balaban J connectivity index is 1.31. The summed E-state index contributed by atoms with van der Waals surface area (Å²) >= 11 is 0. The van der Waals surface area contributed by atoms with Crippen LogP contribution in [0.25, 0.3) is 11.3 Å². The number of hydrogen-bond acceptors (Lipinski definition) is 6. The third kappa shape index (κ3) is 3.17. The number of nitrogens with zero attached hydrogens (tertiary/aromatic N) is 5. The Kier molecular flexibility index (Phi) is 4.02. The molecule has 1 fully saturated rings. The summed E-state index contributed by atoms with van der Waals surface area (Å²) in [5.41, 5.74) is 3.02. The molecule has 6 heteroatoms. The van der Waals surface area contributed by atoms with E-state index in [9.17, 15) is 0 Å². The second-order valence-corrected chi connectivity index (χ2v) is 5.90. The molecule has 120 valence electrons. The summed E-state index contributed by atoms with van der Waals surface area (Å²) in [4.78, 5) is 10.3. The van der Waals surface area contributed by atoms with Crippen LogP contribution >= 0.6 is 0 Å². The molecule has 0 unspecified atom stereocenters. The van der Waals surface area contributed by atoms with Gasteiger partial charge in [-0.25, -0.2) is 0 Å². The van der Waals surface area contributed by atoms with Crippen LogP contribution in [0.3, 0.4) is 0 Å². The van der Waals surface area contributed by atoms with Gasteiger partial charge in [-0.3, -0.25) is 9.97 Å². The van der Waals surface area contributed by atoms with E-state index in [1.807, 2.05) is 36.4 Å². The van der Waals surface area contributed by atoms with Gasteiger partial charge < -0.3 is 10.2 Å². The molecule has 0 amide bonds. The van der Waals surface area contributed by atoms with Crippen molar-refractivity contribution in [3.8, 4) is 11.3 Å². The lowest BCUT2D eigenvalue weighted by atomic mass is 10.00. The zero-order valence-corrected chi connectivity index (χ0v) is 13.2. The van der Waals surface area contributed by atoms with Crippen molar-refractivity contribution in [2.24, 2.45) is 5.92 Å². The molecule has 1 N–H and O–H groups in total. The van der Waals surface area contributed by atoms with Crippen molar-refractivity contribution < 1.29 is 0 Å². The van der Waals surface area contributed by atoms with Crippen LogP contribution in [0, 0.1) is 5.92 Å². The van der Waals surface area contributed by atoms with Crippen LogP contribution in [0.4, 0.5) is 11.5 Å². The first-order chi connectivity index (χ1) is 11.9. The molecule has 0 radical (unpaired) electrons. The molecule has 3 aromatic heterocycles. The molecule has 0 saturated carbocycles. The monoisotopic (exact) mass is 318 g/mol. The van der Waals surface area contributed by atoms with Crippen LogP contribution < -0.4 is 10.2 Å². The van der Waals surface area contributed by atoms with E-state index in [4.69, 9.17) is 0 Å². The largest absolute Gasteiger partial charge is 0.385 e. The summed E-state index contributed by atoms with van der Waals surface area (Å²) in [6.07, 6.45) is 7.13. The predicted octanol–water partition coefficient (Wildman–Crippen LogP) is 2.48. The quantitative estimate of drug-likeness (QED) is 0.779. The molecule has 3 aromatic rings. The highest BCUT2D eigenvalue weighted by Gasteiger charge is 2.27. The smallest absolute Gasteiger partial charge is 0.151 e. The molecule has 4 rings (SSSR count). The first-order valence-electron chi connectivity index (χ1n) is 8.01. The number of rotatable bonds is 5. The van der Waals surface area contributed by atoms with Gasteiger partial charge in [-0.2, -0.15) is 0 Å². The minimum Gasteiger partial charge on any atom is -0.385 e. The average molecular weight is 318 g/mol. The van der Waals surface area contributed by atoms with Crippen molar-refractivity contribution >= 4 is 11.5 Å². The number of aromatic nitrogens is 4. The fourth-order valence-corrected chi connectivity index (χ4v) is 2.79. The molecule has 0 atom stereocenters. The van der Waals surface area contributed by atoms with Gasteiger partial charge in [-0.1, -0.05) is 0 Å². The summed E-state index contributed by atoms with van der Waals surface area (Å²) in [6.45, 7) is 2.96. The fraction of sp³-hybridized carbons (Fsp3) is 0.222. The first kappa shape index (κ1) is 14.6. The molecule has 24 heavy (non-hydrogen) atoms. The maximum absolute atomic E-state index is 4.36. The van der Waals surface area contributed by atoms with Gasteiger partial charge in [-0.05, 0) is 36.4 Å². The Morgan fingerprint density at radius 2 is 1.58 bits per heavy atom. The van der Waals surface area contributed by atoms with Gasteiger partial charge in [0.1, 0.15) is 0 Å². The van der Waals surface area contributed by atoms with E-state index in [2.05, 4.69) is 30.4 Å². The van der Waals surface area contributed by atoms with Crippen molar-refractivity contribution in [3.63, 3.8) is 0 Å². The van der Waals surface area contributed by atoms with Crippen LogP contribution in [0.5, 0.6) is 0 Å². The van der Waals surface area contributed by atoms with E-state index in [0.29, 0.717) is 5.92 Å². The number of pyridine rings is 2. The van der Waals surface area contributed by atoms with Crippen molar-refractivity contribution in [2.45, 2.75) is 0 Å². The minimum atomic E-state index is 0.625. The van der Waals surface area contributed by atoms with Crippen molar-refractivity contribution in [2.75, 3.05) is 29.9 Å². The highest BCUT2D eigenvalue weighted by Crippen LogP contribution is 2.24. The minimum absolute atomic E-state index is 0.625. The van der Waals surface area contributed by atoms with Crippen LogP contribution in [0.2, 0.25) is 0 Å². The summed E-state index contributed by atoms with van der Waals surface area (Å²) in [5, 5.41) is 12.1. The third-order valence-corrected chi connectivity index (χ3v) is 4.18. The standard InChI is InChI=1S/C18H18N6/c1-2-18(23-22-17(1)15-3-7-19-8-4-15)24-12-14(13-24)11-21-16-5-9-20-10-6-16/h1-10,14H,11-13H2,(H,20,21). The topological polar surface area (TPSA) is 66.8 Å². The molecule has 1 aliphatic heterocycles. The SMILES string of the molecule is c1cc(NCC2CN(c3ccc(-c4ccncc4)nn3)C2)ccn1. The fourth-order valence-electron chi connectivity index (χ4n) is 2.79. The third-order valence-electron chi connectivity index (χ3n) is 4.18. The lowest BCUT2D eigenvalue weighted by Crippen LogP contribution is -2.50. The second kappa shape index (κ2) is 6.62. The van der Waals surface area contributed by atoms with E-state index >= 15 is 0 Å². The lowest BCUT2D eigenvalue weighted by Gasteiger charge is -2.40. The maximum atomic E-state index is 4.36. The lowest BCUT2D eigenvalue weighted by molar-refractivity contribution is 0.425. The number of hydrogen-bond donors (Lipinski definition) is 1. The molecule has 0 spiro atoms. The van der Waals surface area contributed by atoms with Crippen LogP contribution in [0.15, 0.2) is 61.2 Å². The van der Waals surface area contributed by atoms with Crippen LogP contribution in [0.1, 0.15) is 0 Å². The van der Waals surface area contributed by atoms with E-state index < -0.39 is 0 Å². The van der Waals surface area contributed by atoms with E-state index in [0.717, 1.165) is 42.4 Å². The molecular weight excluding hydrogens is 300 g/mol. The summed E-state index contributed by atoms with van der Waals surface area (Å²) in [5.74, 6) is 1.56. The van der Waals surface area contributed by atoms with Gasteiger partial charge in [-0.15, -0.1) is 10.2 Å². The molecular formula is C18H18N6. The van der Waals surface area contributed by atoms with Gasteiger partial charge in [0.2, 0.25) is 0 Å². The van der Waals surface area contributed by atoms with E-state index in [1.165, 1.54) is 0 Å². The second-order valence-electron chi connectivity index (χ2n) is 5.90. The van der Waals surface area contributed by atoms with Crippen LogP contribution in [-0.2, 0) is 0 Å². The summed E-state index contributed by atoms with van der Waals surface area (Å²) < 4.78 is 0. The molecule has 0 bridgehead atoms. The van der Waals surface area contributed by atoms with Crippen LogP contribution in [-0.4, -0.2) is 39.8 Å². The van der Waals surface area contributed by atoms with Crippen molar-refractivity contribution in [1.82, 2.24) is 20.2 Å². The zero-order chi connectivity index (χ0) is 16.2. The maximum Gasteiger partial charge on any atom is 0.151 e. The highest BCUT2D eigenvalue weighted by atomic mass is 15.3. The zero-order valence-electron chi connectivity index (χ0n) is 13.2. The molecule has 4 heterocycles. The van der Waals surface area contributed by atoms with Gasteiger partial charge >= 0.3 is 0 Å². The Hall–Kier alpha value is -3.02. The summed E-state index contributed by atoms with van der Waals surface area (Å²) in [7, 11) is 0. The van der Waals surface area contributed by atoms with Crippen molar-refractivity contribution in [3.05, 3.63) is 61.2 Å². The molecule has 6 nitrogen and oxygen atoms in total. The molecule has 1 aliphatic rings.